The molecule has 3 heterocycles. The Morgan fingerprint density at radius 3 is 2.70 bits per heavy atom. The summed E-state index contributed by atoms with van der Waals surface area (Å²) in [5.74, 6) is -0.511. The smallest absolute Gasteiger partial charge is 0.345 e. The first kappa shape index (κ1) is 15.6. The van der Waals surface area contributed by atoms with Crippen molar-refractivity contribution in [1.29, 1.82) is 0 Å². The van der Waals surface area contributed by atoms with Crippen molar-refractivity contribution in [3.63, 3.8) is 0 Å². The zero-order chi connectivity index (χ0) is 16.6. The van der Waals surface area contributed by atoms with Crippen LogP contribution in [-0.4, -0.2) is 61.4 Å². The van der Waals surface area contributed by atoms with Gasteiger partial charge in [0.25, 0.3) is 0 Å². The molecule has 0 amide bonds. The van der Waals surface area contributed by atoms with Crippen LogP contribution in [0.1, 0.15) is 16.1 Å². The first-order valence-electron chi connectivity index (χ1n) is 7.32. The maximum absolute atomic E-state index is 11.8. The van der Waals surface area contributed by atoms with Crippen molar-refractivity contribution in [2.45, 2.75) is 19.0 Å². The van der Waals surface area contributed by atoms with Crippen LogP contribution in [0.25, 0.3) is 0 Å². The van der Waals surface area contributed by atoms with Crippen LogP contribution in [0.2, 0.25) is 0 Å². The lowest BCUT2D eigenvalue weighted by Crippen LogP contribution is -2.63. The van der Waals surface area contributed by atoms with Crippen molar-refractivity contribution >= 4 is 17.5 Å². The fourth-order valence-corrected chi connectivity index (χ4v) is 2.74. The third kappa shape index (κ3) is 2.97. The molecule has 1 aromatic rings. The molecule has 3 rings (SSSR count). The lowest BCUT2D eigenvalue weighted by atomic mass is 10.1. The highest BCUT2D eigenvalue weighted by Gasteiger charge is 2.37. The molecule has 0 saturated carbocycles. The van der Waals surface area contributed by atoms with Gasteiger partial charge in [0.05, 0.1) is 31.3 Å². The quantitative estimate of drug-likeness (QED) is 0.467. The predicted octanol–water partition coefficient (Wildman–Crippen LogP) is 0.262. The van der Waals surface area contributed by atoms with E-state index in [1.54, 1.807) is 11.8 Å². The number of nitro groups is 1. The topological polar surface area (TPSA) is 107 Å². The number of ether oxygens (including phenoxy) is 2. The lowest BCUT2D eigenvalue weighted by Gasteiger charge is -2.43. The molecule has 1 N–H and O–H groups in total. The van der Waals surface area contributed by atoms with Gasteiger partial charge in [-0.2, -0.15) is 0 Å². The molecule has 0 atom stereocenters. The molecule has 0 unspecified atom stereocenters. The standard InChI is InChI=1S/C14H18N4O5/c1-8-3-11(14(19)22-2)12(18(20)21)13(15-8)17-4-9(5-17)16-10-6-23-7-10/h3,9-10,16H,4-7H2,1-2H3. The second-order valence-corrected chi connectivity index (χ2v) is 5.74. The van der Waals surface area contributed by atoms with Crippen LogP contribution in [0.5, 0.6) is 0 Å². The first-order chi connectivity index (χ1) is 11.0. The summed E-state index contributed by atoms with van der Waals surface area (Å²) in [7, 11) is 1.20. The van der Waals surface area contributed by atoms with Gasteiger partial charge in [-0.25, -0.2) is 9.78 Å². The van der Waals surface area contributed by atoms with Crippen molar-refractivity contribution in [2.24, 2.45) is 0 Å². The van der Waals surface area contributed by atoms with Gasteiger partial charge in [0, 0.05) is 24.8 Å². The molecule has 0 spiro atoms. The van der Waals surface area contributed by atoms with Gasteiger partial charge in [0.1, 0.15) is 5.56 Å². The van der Waals surface area contributed by atoms with Crippen molar-refractivity contribution < 1.29 is 19.2 Å². The molecule has 1 aromatic heterocycles. The zero-order valence-corrected chi connectivity index (χ0v) is 12.9. The number of rotatable bonds is 5. The van der Waals surface area contributed by atoms with Gasteiger partial charge >= 0.3 is 11.7 Å². The monoisotopic (exact) mass is 322 g/mol. The Bertz CT molecular complexity index is 640. The molecule has 0 aromatic carbocycles. The number of methoxy groups -OCH3 is 1. The average Bonchev–Trinajstić information content (AvgIpc) is 2.41. The summed E-state index contributed by atoms with van der Waals surface area (Å²) in [5, 5.41) is 14.8. The van der Waals surface area contributed by atoms with Gasteiger partial charge < -0.3 is 19.7 Å². The Morgan fingerprint density at radius 2 is 2.17 bits per heavy atom. The van der Waals surface area contributed by atoms with Gasteiger partial charge in [0.2, 0.25) is 5.82 Å². The van der Waals surface area contributed by atoms with Crippen LogP contribution in [0.4, 0.5) is 11.5 Å². The molecule has 0 bridgehead atoms. The summed E-state index contributed by atoms with van der Waals surface area (Å²) >= 11 is 0. The number of pyridine rings is 1. The number of carbonyl (C=O) groups excluding carboxylic acids is 1. The molecular formula is C14H18N4O5. The van der Waals surface area contributed by atoms with E-state index in [1.165, 1.54) is 13.2 Å². The van der Waals surface area contributed by atoms with E-state index < -0.39 is 10.9 Å². The number of aromatic nitrogens is 1. The summed E-state index contributed by atoms with van der Waals surface area (Å²) in [6.45, 7) is 4.31. The van der Waals surface area contributed by atoms with E-state index in [1.807, 2.05) is 0 Å². The second kappa shape index (κ2) is 6.09. The predicted molar refractivity (Wildman–Crippen MR) is 80.7 cm³/mol. The fraction of sp³-hybridized carbons (Fsp3) is 0.571. The minimum Gasteiger partial charge on any atom is -0.465 e. The van der Waals surface area contributed by atoms with E-state index in [-0.39, 0.29) is 23.1 Å². The van der Waals surface area contributed by atoms with Gasteiger partial charge in [-0.05, 0) is 13.0 Å². The van der Waals surface area contributed by atoms with Crippen molar-refractivity contribution in [2.75, 3.05) is 38.3 Å². The fourth-order valence-electron chi connectivity index (χ4n) is 2.74. The molecule has 2 fully saturated rings. The van der Waals surface area contributed by atoms with Crippen molar-refractivity contribution in [3.8, 4) is 0 Å². The number of nitrogens with zero attached hydrogens (tertiary/aromatic N) is 3. The normalized spacial score (nSPS) is 18.3. The zero-order valence-electron chi connectivity index (χ0n) is 12.9. The van der Waals surface area contributed by atoms with Crippen LogP contribution >= 0.6 is 0 Å². The Balaban J connectivity index is 1.82. The molecule has 124 valence electrons. The average molecular weight is 322 g/mol. The van der Waals surface area contributed by atoms with E-state index in [0.29, 0.717) is 38.0 Å². The van der Waals surface area contributed by atoms with E-state index >= 15 is 0 Å². The summed E-state index contributed by atoms with van der Waals surface area (Å²) in [6, 6.07) is 1.98. The highest BCUT2D eigenvalue weighted by atomic mass is 16.6. The SMILES string of the molecule is COC(=O)c1cc(C)nc(N2CC(NC3COC3)C2)c1[N+](=O)[O-]. The summed E-state index contributed by atoms with van der Waals surface area (Å²) in [6.07, 6.45) is 0. The highest BCUT2D eigenvalue weighted by molar-refractivity contribution is 5.96. The molecular weight excluding hydrogens is 304 g/mol. The molecule has 9 heteroatoms. The third-order valence-corrected chi connectivity index (χ3v) is 3.98. The van der Waals surface area contributed by atoms with Gasteiger partial charge in [0.15, 0.2) is 0 Å². The number of hydrogen-bond donors (Lipinski definition) is 1. The highest BCUT2D eigenvalue weighted by Crippen LogP contribution is 2.33. The van der Waals surface area contributed by atoms with E-state index in [9.17, 15) is 14.9 Å². The lowest BCUT2D eigenvalue weighted by molar-refractivity contribution is -0.384. The van der Waals surface area contributed by atoms with E-state index in [0.717, 1.165) is 0 Å². The molecule has 2 saturated heterocycles. The molecule has 9 nitrogen and oxygen atoms in total. The van der Waals surface area contributed by atoms with Crippen molar-refractivity contribution in [3.05, 3.63) is 27.4 Å². The summed E-state index contributed by atoms with van der Waals surface area (Å²) in [5.41, 5.74) is 0.173. The minimum absolute atomic E-state index is 0.0659. The summed E-state index contributed by atoms with van der Waals surface area (Å²) < 4.78 is 9.76. The number of anilines is 1. The molecule has 0 aliphatic carbocycles. The van der Waals surface area contributed by atoms with Gasteiger partial charge in [-0.1, -0.05) is 0 Å². The Morgan fingerprint density at radius 1 is 1.48 bits per heavy atom. The number of carbonyl (C=O) groups is 1. The Hall–Kier alpha value is -2.26. The molecule has 2 aliphatic rings. The molecule has 0 radical (unpaired) electrons. The number of nitrogens with one attached hydrogen (secondary N) is 1. The number of hydrogen-bond acceptors (Lipinski definition) is 8. The molecule has 2 aliphatic heterocycles. The first-order valence-corrected chi connectivity index (χ1v) is 7.32. The molecule has 23 heavy (non-hydrogen) atoms. The maximum Gasteiger partial charge on any atom is 0.345 e. The van der Waals surface area contributed by atoms with Crippen LogP contribution in [0, 0.1) is 17.0 Å². The largest absolute Gasteiger partial charge is 0.465 e. The number of esters is 1. The Labute approximate surface area is 132 Å². The minimum atomic E-state index is -0.731. The second-order valence-electron chi connectivity index (χ2n) is 5.74. The summed E-state index contributed by atoms with van der Waals surface area (Å²) in [4.78, 5) is 28.8. The van der Waals surface area contributed by atoms with Crippen LogP contribution in [-0.2, 0) is 9.47 Å². The maximum atomic E-state index is 11.8. The Kier molecular flexibility index (Phi) is 4.14. The van der Waals surface area contributed by atoms with E-state index in [4.69, 9.17) is 4.74 Å². The van der Waals surface area contributed by atoms with Crippen LogP contribution in [0.15, 0.2) is 6.07 Å². The van der Waals surface area contributed by atoms with Crippen LogP contribution in [0.3, 0.4) is 0 Å². The number of aryl methyl sites for hydroxylation is 1. The van der Waals surface area contributed by atoms with Gasteiger partial charge in [-0.3, -0.25) is 10.1 Å². The van der Waals surface area contributed by atoms with Crippen LogP contribution < -0.4 is 10.2 Å². The third-order valence-electron chi connectivity index (χ3n) is 3.98. The van der Waals surface area contributed by atoms with Crippen molar-refractivity contribution in [1.82, 2.24) is 10.3 Å². The van der Waals surface area contributed by atoms with E-state index in [2.05, 4.69) is 15.0 Å². The van der Waals surface area contributed by atoms with Gasteiger partial charge in [-0.15, -0.1) is 0 Å².